The molecule has 0 aliphatic carbocycles. The van der Waals surface area contributed by atoms with E-state index in [1.165, 1.54) is 5.56 Å². The van der Waals surface area contributed by atoms with E-state index in [0.717, 1.165) is 12.1 Å². The predicted octanol–water partition coefficient (Wildman–Crippen LogP) is 2.58. The van der Waals surface area contributed by atoms with Gasteiger partial charge < -0.3 is 10.6 Å². The minimum absolute atomic E-state index is 0.0951. The molecule has 0 atom stereocenters. The smallest absolute Gasteiger partial charge is 0.221 e. The summed E-state index contributed by atoms with van der Waals surface area (Å²) in [6.07, 6.45) is 1.56. The lowest BCUT2D eigenvalue weighted by Gasteiger charge is -2.09. The Bertz CT molecular complexity index is 344. The first-order valence-corrected chi connectivity index (χ1v) is 6.24. The first kappa shape index (κ1) is 13.6. The van der Waals surface area contributed by atoms with E-state index < -0.39 is 0 Å². The van der Waals surface area contributed by atoms with Crippen molar-refractivity contribution in [3.05, 3.63) is 29.8 Å². The van der Waals surface area contributed by atoms with Gasteiger partial charge in [-0.1, -0.05) is 19.1 Å². The fourth-order valence-electron chi connectivity index (χ4n) is 1.57. The third-order valence-corrected chi connectivity index (χ3v) is 2.49. The Morgan fingerprint density at radius 3 is 2.41 bits per heavy atom. The van der Waals surface area contributed by atoms with Crippen molar-refractivity contribution in [3.63, 3.8) is 0 Å². The molecule has 3 heteroatoms. The maximum Gasteiger partial charge on any atom is 0.221 e. The van der Waals surface area contributed by atoms with Crippen LogP contribution in [0.5, 0.6) is 0 Å². The van der Waals surface area contributed by atoms with Gasteiger partial charge in [-0.25, -0.2) is 0 Å². The summed E-state index contributed by atoms with van der Waals surface area (Å²) in [7, 11) is 0. The second-order valence-corrected chi connectivity index (χ2v) is 4.45. The Morgan fingerprint density at radius 2 is 1.88 bits per heavy atom. The Morgan fingerprint density at radius 1 is 1.24 bits per heavy atom. The Hall–Kier alpha value is -1.51. The van der Waals surface area contributed by atoms with E-state index in [9.17, 15) is 4.79 Å². The van der Waals surface area contributed by atoms with Crippen molar-refractivity contribution in [1.82, 2.24) is 5.32 Å². The van der Waals surface area contributed by atoms with E-state index >= 15 is 0 Å². The summed E-state index contributed by atoms with van der Waals surface area (Å²) in [5.74, 6) is 0.0951. The molecule has 0 fully saturated rings. The van der Waals surface area contributed by atoms with Crippen molar-refractivity contribution in [3.8, 4) is 0 Å². The van der Waals surface area contributed by atoms with Crippen LogP contribution >= 0.6 is 0 Å². The minimum Gasteiger partial charge on any atom is -0.385 e. The molecule has 0 aliphatic rings. The first-order valence-electron chi connectivity index (χ1n) is 6.24. The third-order valence-electron chi connectivity index (χ3n) is 2.49. The molecular formula is C14H22N2O. The summed E-state index contributed by atoms with van der Waals surface area (Å²) in [4.78, 5) is 11.4. The summed E-state index contributed by atoms with van der Waals surface area (Å²) in [5, 5.41) is 6.11. The Labute approximate surface area is 104 Å². The van der Waals surface area contributed by atoms with Crippen LogP contribution in [0.2, 0.25) is 0 Å². The van der Waals surface area contributed by atoms with Gasteiger partial charge in [0.2, 0.25) is 5.91 Å². The van der Waals surface area contributed by atoms with Gasteiger partial charge in [0.15, 0.2) is 0 Å². The molecule has 0 heterocycles. The fourth-order valence-corrected chi connectivity index (χ4v) is 1.57. The second-order valence-electron chi connectivity index (χ2n) is 4.45. The molecule has 0 aromatic heterocycles. The minimum atomic E-state index is 0.0951. The van der Waals surface area contributed by atoms with Gasteiger partial charge in [-0.05, 0) is 38.0 Å². The summed E-state index contributed by atoms with van der Waals surface area (Å²) in [6, 6.07) is 8.54. The summed E-state index contributed by atoms with van der Waals surface area (Å²) >= 11 is 0. The van der Waals surface area contributed by atoms with Gasteiger partial charge in [0, 0.05) is 24.7 Å². The molecule has 3 nitrogen and oxygen atoms in total. The van der Waals surface area contributed by atoms with Gasteiger partial charge in [-0.15, -0.1) is 0 Å². The van der Waals surface area contributed by atoms with Crippen molar-refractivity contribution in [1.29, 1.82) is 0 Å². The largest absolute Gasteiger partial charge is 0.385 e. The molecule has 1 rings (SSSR count). The number of rotatable bonds is 6. The van der Waals surface area contributed by atoms with Crippen LogP contribution in [0, 0.1) is 0 Å². The van der Waals surface area contributed by atoms with Crippen LogP contribution in [0.3, 0.4) is 0 Å². The highest BCUT2D eigenvalue weighted by Crippen LogP contribution is 2.09. The molecule has 0 unspecified atom stereocenters. The lowest BCUT2D eigenvalue weighted by molar-refractivity contribution is -0.121. The van der Waals surface area contributed by atoms with Crippen LogP contribution in [0.4, 0.5) is 5.69 Å². The zero-order valence-corrected chi connectivity index (χ0v) is 10.9. The fraction of sp³-hybridized carbons (Fsp3) is 0.500. The van der Waals surface area contributed by atoms with Crippen LogP contribution < -0.4 is 10.6 Å². The summed E-state index contributed by atoms with van der Waals surface area (Å²) in [5.41, 5.74) is 2.40. The number of carbonyl (C=O) groups excluding carboxylic acids is 1. The number of anilines is 1. The molecule has 0 spiro atoms. The van der Waals surface area contributed by atoms with Crippen LogP contribution in [0.25, 0.3) is 0 Å². The standard InChI is InChI=1S/C14H22N2O/c1-4-12-5-7-13(8-6-12)15-10-9-14(17)16-11(2)3/h5-8,11,15H,4,9-10H2,1-3H3,(H,16,17). The summed E-state index contributed by atoms with van der Waals surface area (Å²) in [6.45, 7) is 6.74. The molecule has 1 amide bonds. The average Bonchev–Trinajstić information content (AvgIpc) is 2.29. The highest BCUT2D eigenvalue weighted by atomic mass is 16.1. The molecule has 1 aromatic rings. The molecule has 2 N–H and O–H groups in total. The number of hydrogen-bond donors (Lipinski definition) is 2. The number of hydrogen-bond acceptors (Lipinski definition) is 2. The van der Waals surface area contributed by atoms with E-state index in [-0.39, 0.29) is 11.9 Å². The van der Waals surface area contributed by atoms with E-state index in [0.29, 0.717) is 13.0 Å². The second kappa shape index (κ2) is 6.94. The van der Waals surface area contributed by atoms with Gasteiger partial charge in [-0.3, -0.25) is 4.79 Å². The lowest BCUT2D eigenvalue weighted by atomic mass is 10.1. The SMILES string of the molecule is CCc1ccc(NCCC(=O)NC(C)C)cc1. The highest BCUT2D eigenvalue weighted by molar-refractivity contribution is 5.76. The number of benzene rings is 1. The molecule has 94 valence electrons. The monoisotopic (exact) mass is 234 g/mol. The Balaban J connectivity index is 2.28. The molecule has 17 heavy (non-hydrogen) atoms. The summed E-state index contributed by atoms with van der Waals surface area (Å²) < 4.78 is 0. The van der Waals surface area contributed by atoms with Gasteiger partial charge >= 0.3 is 0 Å². The average molecular weight is 234 g/mol. The normalized spacial score (nSPS) is 10.4. The van der Waals surface area contributed by atoms with Crippen molar-refractivity contribution in [2.75, 3.05) is 11.9 Å². The molecule has 0 saturated heterocycles. The van der Waals surface area contributed by atoms with E-state index in [4.69, 9.17) is 0 Å². The van der Waals surface area contributed by atoms with E-state index in [1.54, 1.807) is 0 Å². The zero-order valence-electron chi connectivity index (χ0n) is 10.9. The first-order chi connectivity index (χ1) is 8.11. The van der Waals surface area contributed by atoms with Crippen LogP contribution in [-0.2, 0) is 11.2 Å². The van der Waals surface area contributed by atoms with Crippen molar-refractivity contribution < 1.29 is 4.79 Å². The van der Waals surface area contributed by atoms with E-state index in [1.807, 2.05) is 13.8 Å². The van der Waals surface area contributed by atoms with Crippen LogP contribution in [0.1, 0.15) is 32.8 Å². The number of carbonyl (C=O) groups is 1. The van der Waals surface area contributed by atoms with E-state index in [2.05, 4.69) is 41.8 Å². The topological polar surface area (TPSA) is 41.1 Å². The van der Waals surface area contributed by atoms with Gasteiger partial charge in [-0.2, -0.15) is 0 Å². The Kier molecular flexibility index (Phi) is 5.53. The number of amides is 1. The molecule has 0 radical (unpaired) electrons. The quantitative estimate of drug-likeness (QED) is 0.794. The number of nitrogens with one attached hydrogen (secondary N) is 2. The van der Waals surface area contributed by atoms with Crippen molar-refractivity contribution in [2.24, 2.45) is 0 Å². The number of aryl methyl sites for hydroxylation is 1. The van der Waals surface area contributed by atoms with Crippen LogP contribution in [-0.4, -0.2) is 18.5 Å². The van der Waals surface area contributed by atoms with Gasteiger partial charge in [0.05, 0.1) is 0 Å². The maximum absolute atomic E-state index is 11.4. The molecule has 0 saturated carbocycles. The van der Waals surface area contributed by atoms with Gasteiger partial charge in [0.1, 0.15) is 0 Å². The highest BCUT2D eigenvalue weighted by Gasteiger charge is 2.02. The molecular weight excluding hydrogens is 212 g/mol. The molecule has 0 bridgehead atoms. The molecule has 0 aliphatic heterocycles. The van der Waals surface area contributed by atoms with Crippen LogP contribution in [0.15, 0.2) is 24.3 Å². The maximum atomic E-state index is 11.4. The molecule has 1 aromatic carbocycles. The van der Waals surface area contributed by atoms with Crippen molar-refractivity contribution in [2.45, 2.75) is 39.7 Å². The van der Waals surface area contributed by atoms with Crippen molar-refractivity contribution >= 4 is 11.6 Å². The van der Waals surface area contributed by atoms with Gasteiger partial charge in [0.25, 0.3) is 0 Å². The zero-order chi connectivity index (χ0) is 12.7. The third kappa shape index (κ3) is 5.38. The lowest BCUT2D eigenvalue weighted by Crippen LogP contribution is -2.31. The predicted molar refractivity (Wildman–Crippen MR) is 72.2 cm³/mol.